The molecular weight excluding hydrogens is 653 g/mol. The summed E-state index contributed by atoms with van der Waals surface area (Å²) in [5.74, 6) is -0.817. The third kappa shape index (κ3) is 8.55. The Balaban J connectivity index is 1.58. The van der Waals surface area contributed by atoms with Crippen molar-refractivity contribution in [1.82, 2.24) is 10.2 Å². The van der Waals surface area contributed by atoms with Crippen molar-refractivity contribution in [3.05, 3.63) is 129 Å². The minimum atomic E-state index is -4.23. The van der Waals surface area contributed by atoms with Crippen molar-refractivity contribution < 1.29 is 18.0 Å². The van der Waals surface area contributed by atoms with Gasteiger partial charge in [0, 0.05) is 29.1 Å². The van der Waals surface area contributed by atoms with Crippen LogP contribution in [0.4, 0.5) is 5.69 Å². The highest BCUT2D eigenvalue weighted by molar-refractivity contribution is 7.92. The Morgan fingerprint density at radius 1 is 0.851 bits per heavy atom. The minimum absolute atomic E-state index is 0.00889. The van der Waals surface area contributed by atoms with E-state index in [1.165, 1.54) is 29.2 Å². The van der Waals surface area contributed by atoms with Crippen molar-refractivity contribution in [3.63, 3.8) is 0 Å². The van der Waals surface area contributed by atoms with Gasteiger partial charge in [0.05, 0.1) is 10.6 Å². The van der Waals surface area contributed by atoms with Crippen molar-refractivity contribution in [2.75, 3.05) is 10.8 Å². The molecule has 0 heterocycles. The normalized spacial score (nSPS) is 14.0. The average molecular weight is 693 g/mol. The summed E-state index contributed by atoms with van der Waals surface area (Å²) in [6.07, 6.45) is 4.06. The van der Waals surface area contributed by atoms with Crippen LogP contribution in [0.2, 0.25) is 10.0 Å². The van der Waals surface area contributed by atoms with Gasteiger partial charge in [-0.15, -0.1) is 0 Å². The van der Waals surface area contributed by atoms with Crippen LogP contribution in [0.15, 0.2) is 102 Å². The highest BCUT2D eigenvalue weighted by Crippen LogP contribution is 2.28. The molecule has 0 radical (unpaired) electrons. The first-order chi connectivity index (χ1) is 22.5. The number of carbonyl (C=O) groups excluding carboxylic acids is 2. The molecule has 7 nitrogen and oxygen atoms in total. The number of hydrogen-bond acceptors (Lipinski definition) is 4. The molecule has 0 spiro atoms. The second-order valence-electron chi connectivity index (χ2n) is 12.0. The highest BCUT2D eigenvalue weighted by Gasteiger charge is 2.36. The third-order valence-corrected chi connectivity index (χ3v) is 11.1. The zero-order valence-electron chi connectivity index (χ0n) is 26.5. The summed E-state index contributed by atoms with van der Waals surface area (Å²) in [4.78, 5) is 30.3. The molecule has 4 aromatic carbocycles. The smallest absolute Gasteiger partial charge is 0.264 e. The SMILES string of the molecule is Cc1ccc(N(CC(=O)N(Cc2ccccc2Cl)[C@H](Cc2ccccc2)C(=O)NC2CCCC2)S(=O)(=O)c2ccc(Cl)cc2)cc1C. The maximum atomic E-state index is 14.7. The molecule has 0 aromatic heterocycles. The van der Waals surface area contributed by atoms with Crippen LogP contribution in [0.1, 0.15) is 47.9 Å². The minimum Gasteiger partial charge on any atom is -0.352 e. The molecule has 246 valence electrons. The zero-order chi connectivity index (χ0) is 33.6. The first-order valence-electron chi connectivity index (χ1n) is 15.8. The number of sulfonamides is 1. The third-order valence-electron chi connectivity index (χ3n) is 8.73. The lowest BCUT2D eigenvalue weighted by atomic mass is 10.0. The maximum Gasteiger partial charge on any atom is 0.264 e. The fraction of sp³-hybridized carbons (Fsp3) is 0.297. The first-order valence-corrected chi connectivity index (χ1v) is 18.0. The van der Waals surface area contributed by atoms with Crippen molar-refractivity contribution in [2.45, 2.75) is 69.5 Å². The largest absolute Gasteiger partial charge is 0.352 e. The number of carbonyl (C=O) groups is 2. The standard InChI is InChI=1S/C37H39Cl2N3O4S/c1-26-16-19-32(22-27(26)2)42(47(45,46)33-20-17-30(38)18-21-33)25-36(43)41(24-29-12-6-9-15-34(29)39)35(23-28-10-4-3-5-11-28)37(44)40-31-13-7-8-14-31/h3-6,9-12,15-22,31,35H,7-8,13-14,23-25H2,1-2H3,(H,40,44)/t35-/m1/s1. The lowest BCUT2D eigenvalue weighted by molar-refractivity contribution is -0.140. The number of nitrogens with one attached hydrogen (secondary N) is 1. The Hall–Kier alpha value is -3.85. The Morgan fingerprint density at radius 2 is 1.51 bits per heavy atom. The molecule has 0 unspecified atom stereocenters. The van der Waals surface area contributed by atoms with Gasteiger partial charge in [-0.25, -0.2) is 8.42 Å². The molecule has 4 aromatic rings. The van der Waals surface area contributed by atoms with Gasteiger partial charge in [-0.3, -0.25) is 13.9 Å². The summed E-state index contributed by atoms with van der Waals surface area (Å²) in [5, 5.41) is 4.02. The van der Waals surface area contributed by atoms with Crippen molar-refractivity contribution in [1.29, 1.82) is 0 Å². The quantitative estimate of drug-likeness (QED) is 0.167. The van der Waals surface area contributed by atoms with E-state index < -0.39 is 28.5 Å². The van der Waals surface area contributed by atoms with Crippen LogP contribution in [0.3, 0.4) is 0 Å². The molecular formula is C37H39Cl2N3O4S. The van der Waals surface area contributed by atoms with Crippen LogP contribution in [0.5, 0.6) is 0 Å². The number of rotatable bonds is 12. The summed E-state index contributed by atoms with van der Waals surface area (Å²) in [6.45, 7) is 3.29. The van der Waals surface area contributed by atoms with Gasteiger partial charge in [-0.05, 0) is 91.4 Å². The van der Waals surface area contributed by atoms with Gasteiger partial charge < -0.3 is 10.2 Å². The van der Waals surface area contributed by atoms with E-state index in [0.717, 1.165) is 46.7 Å². The number of hydrogen-bond donors (Lipinski definition) is 1. The molecule has 47 heavy (non-hydrogen) atoms. The zero-order valence-corrected chi connectivity index (χ0v) is 28.9. The van der Waals surface area contributed by atoms with Gasteiger partial charge in [-0.2, -0.15) is 0 Å². The van der Waals surface area contributed by atoms with E-state index in [1.807, 2.05) is 62.4 Å². The average Bonchev–Trinajstić information content (AvgIpc) is 3.57. The molecule has 1 aliphatic rings. The summed E-state index contributed by atoms with van der Waals surface area (Å²) in [5.41, 5.74) is 3.71. The van der Waals surface area contributed by atoms with E-state index in [2.05, 4.69) is 5.32 Å². The van der Waals surface area contributed by atoms with Gasteiger partial charge in [-0.1, -0.05) is 90.6 Å². The molecule has 0 aliphatic heterocycles. The Kier molecular flexibility index (Phi) is 11.3. The van der Waals surface area contributed by atoms with Crippen LogP contribution < -0.4 is 9.62 Å². The van der Waals surface area contributed by atoms with E-state index in [9.17, 15) is 18.0 Å². The summed E-state index contributed by atoms with van der Waals surface area (Å²) in [6, 6.07) is 26.9. The van der Waals surface area contributed by atoms with Gasteiger partial charge in [0.15, 0.2) is 0 Å². The highest BCUT2D eigenvalue weighted by atomic mass is 35.5. The summed E-state index contributed by atoms with van der Waals surface area (Å²) in [7, 11) is -4.23. The predicted octanol–water partition coefficient (Wildman–Crippen LogP) is 7.50. The molecule has 1 N–H and O–H groups in total. The van der Waals surface area contributed by atoms with Gasteiger partial charge in [0.1, 0.15) is 12.6 Å². The number of nitrogens with zero attached hydrogens (tertiary/aromatic N) is 2. The first kappa shape index (κ1) is 34.5. The molecule has 5 rings (SSSR count). The molecule has 1 atom stereocenters. The van der Waals surface area contributed by atoms with Gasteiger partial charge >= 0.3 is 0 Å². The molecule has 2 amide bonds. The van der Waals surface area contributed by atoms with Crippen LogP contribution >= 0.6 is 23.2 Å². The molecule has 1 saturated carbocycles. The lowest BCUT2D eigenvalue weighted by Gasteiger charge is -2.34. The van der Waals surface area contributed by atoms with Crippen molar-refractivity contribution in [2.24, 2.45) is 0 Å². The van der Waals surface area contributed by atoms with Crippen molar-refractivity contribution in [3.8, 4) is 0 Å². The number of anilines is 1. The number of benzene rings is 4. The lowest BCUT2D eigenvalue weighted by Crippen LogP contribution is -2.54. The predicted molar refractivity (Wildman–Crippen MR) is 188 cm³/mol. The van der Waals surface area contributed by atoms with Crippen LogP contribution in [0, 0.1) is 13.8 Å². The Labute approximate surface area is 287 Å². The van der Waals surface area contributed by atoms with Crippen LogP contribution in [-0.4, -0.2) is 43.8 Å². The van der Waals surface area contributed by atoms with E-state index >= 15 is 0 Å². The molecule has 0 saturated heterocycles. The number of halogens is 2. The number of amides is 2. The van der Waals surface area contributed by atoms with E-state index in [0.29, 0.717) is 21.3 Å². The van der Waals surface area contributed by atoms with E-state index in [-0.39, 0.29) is 29.8 Å². The fourth-order valence-corrected chi connectivity index (χ4v) is 7.60. The monoisotopic (exact) mass is 691 g/mol. The van der Waals surface area contributed by atoms with Crippen LogP contribution in [-0.2, 0) is 32.6 Å². The van der Waals surface area contributed by atoms with Crippen molar-refractivity contribution >= 4 is 50.7 Å². The molecule has 1 aliphatic carbocycles. The Morgan fingerprint density at radius 3 is 2.17 bits per heavy atom. The summed E-state index contributed by atoms with van der Waals surface area (Å²) < 4.78 is 29.6. The van der Waals surface area contributed by atoms with Gasteiger partial charge in [0.25, 0.3) is 10.0 Å². The molecule has 1 fully saturated rings. The summed E-state index contributed by atoms with van der Waals surface area (Å²) >= 11 is 12.7. The Bertz CT molecular complexity index is 1810. The molecule has 10 heteroatoms. The topological polar surface area (TPSA) is 86.8 Å². The second kappa shape index (κ2) is 15.4. The maximum absolute atomic E-state index is 14.7. The van der Waals surface area contributed by atoms with E-state index in [1.54, 1.807) is 24.3 Å². The van der Waals surface area contributed by atoms with Gasteiger partial charge in [0.2, 0.25) is 11.8 Å². The molecule has 0 bridgehead atoms. The number of aryl methyl sites for hydroxylation is 2. The van der Waals surface area contributed by atoms with Crippen LogP contribution in [0.25, 0.3) is 0 Å². The fourth-order valence-electron chi connectivity index (χ4n) is 5.87. The van der Waals surface area contributed by atoms with E-state index in [4.69, 9.17) is 23.2 Å². The second-order valence-corrected chi connectivity index (χ2v) is 14.7.